The van der Waals surface area contributed by atoms with Crippen molar-refractivity contribution < 1.29 is 13.2 Å². The first-order valence-electron chi connectivity index (χ1n) is 11.4. The highest BCUT2D eigenvalue weighted by molar-refractivity contribution is 7.92. The van der Waals surface area contributed by atoms with Crippen LogP contribution in [0.5, 0.6) is 0 Å². The summed E-state index contributed by atoms with van der Waals surface area (Å²) in [7, 11) is -1.33. The Morgan fingerprint density at radius 2 is 1.94 bits per heavy atom. The normalized spacial score (nSPS) is 42.1. The van der Waals surface area contributed by atoms with E-state index in [1.54, 1.807) is 6.08 Å². The van der Waals surface area contributed by atoms with E-state index in [0.717, 1.165) is 18.5 Å². The Hall–Kier alpha value is -1.41. The molecule has 7 atom stereocenters. The van der Waals surface area contributed by atoms with Crippen LogP contribution in [0, 0.1) is 28.6 Å². The molecule has 3 aliphatic carbocycles. The van der Waals surface area contributed by atoms with Crippen molar-refractivity contribution in [1.29, 1.82) is 0 Å². The van der Waals surface area contributed by atoms with Crippen LogP contribution in [0.15, 0.2) is 17.5 Å². The second-order valence-electron chi connectivity index (χ2n) is 10.7. The number of thiazole rings is 1. The summed E-state index contributed by atoms with van der Waals surface area (Å²) < 4.78 is 25.7. The topological polar surface area (TPSA) is 79.4 Å². The van der Waals surface area contributed by atoms with Gasteiger partial charge >= 0.3 is 0 Å². The predicted molar refractivity (Wildman–Crippen MR) is 123 cm³/mol. The summed E-state index contributed by atoms with van der Waals surface area (Å²) in [5.74, 6) is 2.50. The van der Waals surface area contributed by atoms with Crippen LogP contribution in [0.1, 0.15) is 64.0 Å². The monoisotopic (exact) mass is 463 g/mol. The minimum atomic E-state index is -3.30. The smallest absolute Gasteiger partial charge is 0.246 e. The quantitative estimate of drug-likeness (QED) is 0.727. The number of sulfonamides is 1. The maximum Gasteiger partial charge on any atom is 0.246 e. The highest BCUT2D eigenvalue weighted by Crippen LogP contribution is 2.67. The lowest BCUT2D eigenvalue weighted by Gasteiger charge is -2.60. The summed E-state index contributed by atoms with van der Waals surface area (Å²) in [5.41, 5.74) is 1.33. The average Bonchev–Trinajstić information content (AvgIpc) is 3.27. The van der Waals surface area contributed by atoms with Crippen LogP contribution in [-0.4, -0.2) is 43.6 Å². The van der Waals surface area contributed by atoms with Crippen LogP contribution in [-0.2, 0) is 14.8 Å². The Morgan fingerprint density at radius 3 is 2.68 bits per heavy atom. The van der Waals surface area contributed by atoms with Gasteiger partial charge in [0, 0.05) is 29.8 Å². The van der Waals surface area contributed by atoms with Crippen molar-refractivity contribution in [2.24, 2.45) is 28.6 Å². The van der Waals surface area contributed by atoms with Crippen molar-refractivity contribution >= 4 is 32.4 Å². The van der Waals surface area contributed by atoms with Crippen molar-refractivity contribution in [1.82, 2.24) is 9.88 Å². The molecule has 0 bridgehead atoms. The molecule has 170 valence electrons. The maximum absolute atomic E-state index is 12.3. The lowest BCUT2D eigenvalue weighted by molar-refractivity contribution is -0.138. The third kappa shape index (κ3) is 3.27. The van der Waals surface area contributed by atoms with Crippen LogP contribution < -0.4 is 4.72 Å². The van der Waals surface area contributed by atoms with Gasteiger partial charge in [0.05, 0.1) is 11.9 Å². The third-order valence-corrected chi connectivity index (χ3v) is 10.7. The molecule has 1 amide bonds. The Bertz CT molecular complexity index is 1030. The van der Waals surface area contributed by atoms with Gasteiger partial charge in [-0.25, -0.2) is 13.4 Å². The number of hydrogen-bond donors (Lipinski definition) is 1. The molecule has 1 N–H and O–H groups in total. The number of fused-ring (bicyclic) bond motifs is 5. The largest absolute Gasteiger partial charge is 0.338 e. The molecule has 0 aromatic carbocycles. The lowest BCUT2D eigenvalue weighted by Crippen LogP contribution is -2.59. The fourth-order valence-corrected chi connectivity index (χ4v) is 9.49. The maximum atomic E-state index is 12.3. The molecule has 6 nitrogen and oxygen atoms in total. The molecule has 1 aliphatic heterocycles. The number of nitrogens with one attached hydrogen (secondary N) is 1. The van der Waals surface area contributed by atoms with Crippen molar-refractivity contribution in [3.05, 3.63) is 23.2 Å². The van der Waals surface area contributed by atoms with Gasteiger partial charge in [0.15, 0.2) is 5.13 Å². The van der Waals surface area contributed by atoms with Gasteiger partial charge in [-0.15, -0.1) is 11.3 Å². The molecule has 4 aliphatic rings. The minimum Gasteiger partial charge on any atom is -0.338 e. The molecule has 3 saturated carbocycles. The second kappa shape index (κ2) is 7.04. The SMILES string of the molecule is CN1C(=O)C=C[C@]2(C)[C@H]3CC[C@]4(C)[C@@H](c5csc(NS(C)(=O)=O)n5)CC[C@H]4[C@@H]3CC[C@@H]12. The zero-order valence-corrected chi connectivity index (χ0v) is 20.4. The Balaban J connectivity index is 1.41. The van der Waals surface area contributed by atoms with Gasteiger partial charge in [-0.2, -0.15) is 0 Å². The molecule has 8 heteroatoms. The summed E-state index contributed by atoms with van der Waals surface area (Å²) in [5, 5.41) is 2.53. The molecule has 2 heterocycles. The van der Waals surface area contributed by atoms with E-state index < -0.39 is 10.0 Å². The van der Waals surface area contributed by atoms with Gasteiger partial charge in [0.25, 0.3) is 0 Å². The van der Waals surface area contributed by atoms with E-state index in [4.69, 9.17) is 0 Å². The van der Waals surface area contributed by atoms with E-state index in [0.29, 0.717) is 34.8 Å². The average molecular weight is 464 g/mol. The van der Waals surface area contributed by atoms with E-state index in [2.05, 4.69) is 35.0 Å². The molecular weight excluding hydrogens is 430 g/mol. The van der Waals surface area contributed by atoms with Crippen LogP contribution >= 0.6 is 11.3 Å². The molecule has 31 heavy (non-hydrogen) atoms. The van der Waals surface area contributed by atoms with Crippen LogP contribution in [0.25, 0.3) is 0 Å². The van der Waals surface area contributed by atoms with Crippen molar-refractivity contribution in [2.75, 3.05) is 18.0 Å². The number of likely N-dealkylation sites (N-methyl/N-ethyl adjacent to an activating group) is 1. The summed E-state index contributed by atoms with van der Waals surface area (Å²) in [4.78, 5) is 18.9. The lowest BCUT2D eigenvalue weighted by atomic mass is 9.47. The molecule has 0 spiro atoms. The Morgan fingerprint density at radius 1 is 1.16 bits per heavy atom. The molecule has 0 radical (unpaired) electrons. The predicted octanol–water partition coefficient (Wildman–Crippen LogP) is 4.24. The number of hydrogen-bond acceptors (Lipinski definition) is 5. The van der Waals surface area contributed by atoms with E-state index >= 15 is 0 Å². The molecule has 5 rings (SSSR count). The highest BCUT2D eigenvalue weighted by atomic mass is 32.2. The number of carbonyl (C=O) groups excluding carboxylic acids is 1. The second-order valence-corrected chi connectivity index (χ2v) is 13.4. The van der Waals surface area contributed by atoms with Crippen molar-refractivity contribution in [3.8, 4) is 0 Å². The van der Waals surface area contributed by atoms with Crippen LogP contribution in [0.3, 0.4) is 0 Å². The fraction of sp³-hybridized carbons (Fsp3) is 0.739. The molecule has 0 unspecified atom stereocenters. The molecule has 1 aromatic rings. The van der Waals surface area contributed by atoms with Gasteiger partial charge in [-0.3, -0.25) is 9.52 Å². The van der Waals surface area contributed by atoms with Gasteiger partial charge in [0.1, 0.15) is 0 Å². The summed E-state index contributed by atoms with van der Waals surface area (Å²) in [6.45, 7) is 4.84. The molecule has 3 fully saturated rings. The van der Waals surface area contributed by atoms with E-state index in [1.807, 2.05) is 11.9 Å². The number of carbonyl (C=O) groups is 1. The minimum absolute atomic E-state index is 0.0677. The van der Waals surface area contributed by atoms with Crippen molar-refractivity contribution in [3.63, 3.8) is 0 Å². The zero-order chi connectivity index (χ0) is 22.2. The van der Waals surface area contributed by atoms with Crippen LogP contribution in [0.4, 0.5) is 5.13 Å². The molecule has 1 aromatic heterocycles. The third-order valence-electron chi connectivity index (χ3n) is 9.28. The first-order valence-corrected chi connectivity index (χ1v) is 14.2. The summed E-state index contributed by atoms with van der Waals surface area (Å²) >= 11 is 1.39. The van der Waals surface area contributed by atoms with Crippen molar-refractivity contribution in [2.45, 2.75) is 64.3 Å². The van der Waals surface area contributed by atoms with Gasteiger partial charge in [0.2, 0.25) is 15.9 Å². The van der Waals surface area contributed by atoms with Gasteiger partial charge in [-0.05, 0) is 67.8 Å². The first kappa shape index (κ1) is 21.4. The Labute approximate surface area is 189 Å². The highest BCUT2D eigenvalue weighted by Gasteiger charge is 2.60. The van der Waals surface area contributed by atoms with E-state index in [-0.39, 0.29) is 16.7 Å². The first-order chi connectivity index (χ1) is 14.5. The summed E-state index contributed by atoms with van der Waals surface area (Å²) in [6.07, 6.45) is 12.2. The van der Waals surface area contributed by atoms with Gasteiger partial charge < -0.3 is 4.90 Å². The number of anilines is 1. The fourth-order valence-electron chi connectivity index (χ4n) is 7.88. The standard InChI is InChI=1S/C23H33N3O3S2/c1-22-11-9-16-14(5-8-19-23(16,2)12-10-20(27)26(19)3)15(22)6-7-17(22)18-13-30-21(24-18)25-31(4,28)29/h10,12-17,19H,5-9,11H2,1-4H3,(H,24,25)/t14-,15-,16-,17+,19+,22-,23+/m0/s1. The van der Waals surface area contributed by atoms with E-state index in [1.165, 1.54) is 43.3 Å². The summed E-state index contributed by atoms with van der Waals surface area (Å²) in [6, 6.07) is 0.316. The Kier molecular flexibility index (Phi) is 4.87. The number of amides is 1. The number of nitrogens with zero attached hydrogens (tertiary/aromatic N) is 2. The van der Waals surface area contributed by atoms with E-state index in [9.17, 15) is 13.2 Å². The molecular formula is C23H33N3O3S2. The molecule has 0 saturated heterocycles. The van der Waals surface area contributed by atoms with Crippen LogP contribution in [0.2, 0.25) is 0 Å². The zero-order valence-electron chi connectivity index (χ0n) is 18.8. The number of aromatic nitrogens is 1. The van der Waals surface area contributed by atoms with Gasteiger partial charge in [-0.1, -0.05) is 19.9 Å². The number of rotatable bonds is 3.